The van der Waals surface area contributed by atoms with Crippen LogP contribution in [-0.2, 0) is 41.7 Å². The van der Waals surface area contributed by atoms with Crippen molar-refractivity contribution in [3.8, 4) is 0 Å². The van der Waals surface area contributed by atoms with Crippen LogP contribution in [0.1, 0.15) is 11.1 Å². The maximum absolute atomic E-state index is 11.3. The molecular formula is C14H16N2O6. The van der Waals surface area contributed by atoms with Crippen molar-refractivity contribution < 1.29 is 28.7 Å². The van der Waals surface area contributed by atoms with E-state index in [4.69, 9.17) is 0 Å². The summed E-state index contributed by atoms with van der Waals surface area (Å²) in [6.07, 6.45) is 0. The van der Waals surface area contributed by atoms with Crippen LogP contribution in [0.3, 0.4) is 0 Å². The van der Waals surface area contributed by atoms with E-state index >= 15 is 0 Å². The van der Waals surface area contributed by atoms with E-state index in [1.165, 1.54) is 0 Å². The Labute approximate surface area is 126 Å². The molecule has 1 aromatic rings. The molecule has 118 valence electrons. The molecule has 0 saturated heterocycles. The smallest absolute Gasteiger partial charge is 0.396 e. The Balaban J connectivity index is 2.55. The molecule has 0 radical (unpaired) electrons. The van der Waals surface area contributed by atoms with E-state index in [0.717, 1.165) is 25.3 Å². The SMILES string of the molecule is COC(=O)C(=O)NCc1cccc(CNC(=O)C(=O)OC)c1. The molecule has 0 unspecified atom stereocenters. The highest BCUT2D eigenvalue weighted by atomic mass is 16.5. The third-order valence-corrected chi connectivity index (χ3v) is 2.64. The van der Waals surface area contributed by atoms with Gasteiger partial charge in [-0.15, -0.1) is 0 Å². The molecular weight excluding hydrogens is 292 g/mol. The lowest BCUT2D eigenvalue weighted by Crippen LogP contribution is -2.32. The second-order valence-electron chi connectivity index (χ2n) is 4.17. The number of rotatable bonds is 4. The summed E-state index contributed by atoms with van der Waals surface area (Å²) in [5, 5.41) is 4.79. The Morgan fingerprint density at radius 3 is 1.64 bits per heavy atom. The summed E-state index contributed by atoms with van der Waals surface area (Å²) >= 11 is 0. The second-order valence-corrected chi connectivity index (χ2v) is 4.17. The molecule has 8 heteroatoms. The second kappa shape index (κ2) is 8.40. The van der Waals surface area contributed by atoms with Crippen LogP contribution in [0.2, 0.25) is 0 Å². The molecule has 0 saturated carbocycles. The van der Waals surface area contributed by atoms with Gasteiger partial charge in [0, 0.05) is 13.1 Å². The predicted octanol–water partition coefficient (Wildman–Crippen LogP) is -0.735. The van der Waals surface area contributed by atoms with Crippen molar-refractivity contribution in [1.82, 2.24) is 10.6 Å². The maximum Gasteiger partial charge on any atom is 0.396 e. The summed E-state index contributed by atoms with van der Waals surface area (Å²) in [5.41, 5.74) is 1.45. The highest BCUT2D eigenvalue weighted by molar-refractivity contribution is 6.32. The van der Waals surface area contributed by atoms with Gasteiger partial charge in [0.1, 0.15) is 0 Å². The van der Waals surface area contributed by atoms with Gasteiger partial charge < -0.3 is 20.1 Å². The minimum atomic E-state index is -0.971. The summed E-state index contributed by atoms with van der Waals surface area (Å²) in [6, 6.07) is 6.92. The first kappa shape index (κ1) is 17.2. The minimum absolute atomic E-state index is 0.132. The van der Waals surface area contributed by atoms with Crippen molar-refractivity contribution in [3.63, 3.8) is 0 Å². The average Bonchev–Trinajstić information content (AvgIpc) is 2.56. The first-order valence-corrected chi connectivity index (χ1v) is 6.28. The van der Waals surface area contributed by atoms with E-state index in [0.29, 0.717) is 0 Å². The molecule has 0 aliphatic carbocycles. The van der Waals surface area contributed by atoms with Gasteiger partial charge in [-0.2, -0.15) is 0 Å². The largest absolute Gasteiger partial charge is 0.462 e. The summed E-state index contributed by atoms with van der Waals surface area (Å²) < 4.78 is 8.56. The summed E-state index contributed by atoms with van der Waals surface area (Å²) in [6.45, 7) is 0.263. The molecule has 0 aliphatic rings. The lowest BCUT2D eigenvalue weighted by Gasteiger charge is -2.07. The molecule has 1 aromatic carbocycles. The Kier molecular flexibility index (Phi) is 6.55. The maximum atomic E-state index is 11.3. The van der Waals surface area contributed by atoms with Crippen LogP contribution in [0.25, 0.3) is 0 Å². The molecule has 0 atom stereocenters. The zero-order valence-corrected chi connectivity index (χ0v) is 12.2. The van der Waals surface area contributed by atoms with Gasteiger partial charge >= 0.3 is 23.8 Å². The van der Waals surface area contributed by atoms with Gasteiger partial charge in [-0.1, -0.05) is 24.3 Å². The Morgan fingerprint density at radius 2 is 1.27 bits per heavy atom. The van der Waals surface area contributed by atoms with Gasteiger partial charge in [0.2, 0.25) is 0 Å². The topological polar surface area (TPSA) is 111 Å². The van der Waals surface area contributed by atoms with Crippen LogP contribution in [0, 0.1) is 0 Å². The number of hydrogen-bond acceptors (Lipinski definition) is 6. The van der Waals surface area contributed by atoms with Crippen LogP contribution in [0.5, 0.6) is 0 Å². The number of carbonyl (C=O) groups is 4. The summed E-state index contributed by atoms with van der Waals surface area (Å²) in [5.74, 6) is -3.62. The number of esters is 2. The monoisotopic (exact) mass is 308 g/mol. The fourth-order valence-electron chi connectivity index (χ4n) is 1.54. The van der Waals surface area contributed by atoms with Crippen LogP contribution in [0.15, 0.2) is 24.3 Å². The van der Waals surface area contributed by atoms with Gasteiger partial charge in [-0.05, 0) is 11.1 Å². The minimum Gasteiger partial charge on any atom is -0.462 e. The third kappa shape index (κ3) is 5.23. The first-order valence-electron chi connectivity index (χ1n) is 6.28. The van der Waals surface area contributed by atoms with Crippen molar-refractivity contribution in [3.05, 3.63) is 35.4 Å². The third-order valence-electron chi connectivity index (χ3n) is 2.64. The number of amides is 2. The normalized spacial score (nSPS) is 9.55. The number of methoxy groups -OCH3 is 2. The molecule has 0 fully saturated rings. The van der Waals surface area contributed by atoms with Crippen molar-refractivity contribution in [2.45, 2.75) is 13.1 Å². The molecule has 1 rings (SSSR count). The van der Waals surface area contributed by atoms with E-state index in [1.54, 1.807) is 24.3 Å². The molecule has 2 N–H and O–H groups in total. The van der Waals surface area contributed by atoms with Gasteiger partial charge in [-0.25, -0.2) is 9.59 Å². The Hall–Kier alpha value is -2.90. The molecule has 8 nitrogen and oxygen atoms in total. The van der Waals surface area contributed by atoms with Gasteiger partial charge in [0.05, 0.1) is 14.2 Å². The van der Waals surface area contributed by atoms with Gasteiger partial charge in [0.25, 0.3) is 0 Å². The number of nitrogens with one attached hydrogen (secondary N) is 2. The standard InChI is InChI=1S/C14H16N2O6/c1-21-13(19)11(17)15-7-9-4-3-5-10(6-9)8-16-12(18)14(20)22-2/h3-6H,7-8H2,1-2H3,(H,15,17)(H,16,18). The highest BCUT2D eigenvalue weighted by Gasteiger charge is 2.14. The van der Waals surface area contributed by atoms with E-state index in [1.807, 2.05) is 0 Å². The van der Waals surface area contributed by atoms with Crippen LogP contribution < -0.4 is 10.6 Å². The van der Waals surface area contributed by atoms with E-state index in [-0.39, 0.29) is 13.1 Å². The number of ether oxygens (including phenoxy) is 2. The quantitative estimate of drug-likeness (QED) is 0.560. The summed E-state index contributed by atoms with van der Waals surface area (Å²) in [7, 11) is 2.24. The Bertz CT molecular complexity index is 537. The van der Waals surface area contributed by atoms with E-state index < -0.39 is 23.8 Å². The average molecular weight is 308 g/mol. The summed E-state index contributed by atoms with van der Waals surface area (Å²) in [4.78, 5) is 44.4. The number of carbonyl (C=O) groups excluding carboxylic acids is 4. The predicted molar refractivity (Wildman–Crippen MR) is 74.2 cm³/mol. The van der Waals surface area contributed by atoms with E-state index in [9.17, 15) is 19.2 Å². The zero-order chi connectivity index (χ0) is 16.5. The van der Waals surface area contributed by atoms with Crippen molar-refractivity contribution in [2.75, 3.05) is 14.2 Å². The highest BCUT2D eigenvalue weighted by Crippen LogP contribution is 2.05. The Morgan fingerprint density at radius 1 is 0.864 bits per heavy atom. The van der Waals surface area contributed by atoms with Crippen molar-refractivity contribution in [1.29, 1.82) is 0 Å². The molecule has 0 spiro atoms. The van der Waals surface area contributed by atoms with Crippen LogP contribution >= 0.6 is 0 Å². The van der Waals surface area contributed by atoms with E-state index in [2.05, 4.69) is 20.1 Å². The molecule has 2 amide bonds. The molecule has 0 aromatic heterocycles. The fraction of sp³-hybridized carbons (Fsp3) is 0.286. The number of hydrogen-bond donors (Lipinski definition) is 2. The zero-order valence-electron chi connectivity index (χ0n) is 12.2. The lowest BCUT2D eigenvalue weighted by atomic mass is 10.1. The van der Waals surface area contributed by atoms with Crippen LogP contribution in [0.4, 0.5) is 0 Å². The van der Waals surface area contributed by atoms with Gasteiger partial charge in [-0.3, -0.25) is 9.59 Å². The number of benzene rings is 1. The molecule has 0 aliphatic heterocycles. The van der Waals surface area contributed by atoms with Crippen molar-refractivity contribution in [2.24, 2.45) is 0 Å². The lowest BCUT2D eigenvalue weighted by molar-refractivity contribution is -0.152. The van der Waals surface area contributed by atoms with Crippen molar-refractivity contribution >= 4 is 23.8 Å². The van der Waals surface area contributed by atoms with Gasteiger partial charge in [0.15, 0.2) is 0 Å². The molecule has 0 heterocycles. The fourth-order valence-corrected chi connectivity index (χ4v) is 1.54. The molecule has 22 heavy (non-hydrogen) atoms. The first-order chi connectivity index (χ1) is 10.5. The van der Waals surface area contributed by atoms with Crippen LogP contribution in [-0.4, -0.2) is 38.0 Å². The molecule has 0 bridgehead atoms.